The molecule has 0 saturated carbocycles. The maximum absolute atomic E-state index is 12.8. The predicted molar refractivity (Wildman–Crippen MR) is 193 cm³/mol. The molecule has 0 aliphatic carbocycles. The van der Waals surface area contributed by atoms with E-state index in [1.807, 2.05) is 30.3 Å². The molecule has 0 radical (unpaired) electrons. The van der Waals surface area contributed by atoms with E-state index >= 15 is 0 Å². The van der Waals surface area contributed by atoms with Crippen LogP contribution in [0.1, 0.15) is 91.4 Å². The first-order valence-corrected chi connectivity index (χ1v) is 19.2. The molecule has 3 aliphatic rings. The molecule has 1 aromatic carbocycles. The van der Waals surface area contributed by atoms with E-state index in [1.54, 1.807) is 0 Å². The molecule has 0 spiro atoms. The monoisotopic (exact) mass is 809 g/mol. The fourth-order valence-corrected chi connectivity index (χ4v) is 6.88. The zero-order valence-corrected chi connectivity index (χ0v) is 33.2. The van der Waals surface area contributed by atoms with Crippen LogP contribution in [0.15, 0.2) is 30.3 Å². The molecule has 57 heavy (non-hydrogen) atoms. The molecule has 3 fully saturated rings. The summed E-state index contributed by atoms with van der Waals surface area (Å²) in [4.78, 5) is 73.4. The lowest BCUT2D eigenvalue weighted by molar-refractivity contribution is -0.378. The summed E-state index contributed by atoms with van der Waals surface area (Å²) in [5, 5.41) is 2.87. The second-order valence-corrected chi connectivity index (χ2v) is 13.9. The summed E-state index contributed by atoms with van der Waals surface area (Å²) in [5.41, 5.74) is 0.696. The number of carbonyl (C=O) groups excluding carboxylic acids is 6. The molecule has 1 unspecified atom stereocenters. The Morgan fingerprint density at radius 2 is 1.33 bits per heavy atom. The Labute approximate surface area is 331 Å². The molecule has 4 rings (SSSR count). The molecular formula is C39H55NO17. The molecule has 1 amide bonds. The molecular weight excluding hydrogens is 754 g/mol. The summed E-state index contributed by atoms with van der Waals surface area (Å²) in [6.07, 6.45) is -6.87. The third kappa shape index (κ3) is 14.0. The Balaban J connectivity index is 1.64. The normalized spacial score (nSPS) is 29.5. The molecule has 3 saturated heterocycles. The second kappa shape index (κ2) is 22.7. The Bertz CT molecular complexity index is 1490. The second-order valence-electron chi connectivity index (χ2n) is 13.9. The number of rotatable bonds is 19. The smallest absolute Gasteiger partial charge is 0.305 e. The minimum absolute atomic E-state index is 0.0287. The van der Waals surface area contributed by atoms with Crippen LogP contribution in [0.2, 0.25) is 0 Å². The van der Waals surface area contributed by atoms with Crippen LogP contribution in [0.3, 0.4) is 0 Å². The number of ether oxygens (including phenoxy) is 11. The molecule has 18 nitrogen and oxygen atoms in total. The van der Waals surface area contributed by atoms with Crippen molar-refractivity contribution in [3.05, 3.63) is 35.9 Å². The highest BCUT2D eigenvalue weighted by atomic mass is 16.8. The van der Waals surface area contributed by atoms with Crippen molar-refractivity contribution in [3.63, 3.8) is 0 Å². The third-order valence-electron chi connectivity index (χ3n) is 9.31. The van der Waals surface area contributed by atoms with Crippen molar-refractivity contribution in [1.82, 2.24) is 5.32 Å². The summed E-state index contributed by atoms with van der Waals surface area (Å²) >= 11 is 0. The Kier molecular flexibility index (Phi) is 18.1. The average Bonchev–Trinajstić information content (AvgIpc) is 3.16. The van der Waals surface area contributed by atoms with Crippen molar-refractivity contribution >= 4 is 35.8 Å². The summed E-state index contributed by atoms with van der Waals surface area (Å²) in [6.45, 7) is 5.65. The van der Waals surface area contributed by atoms with E-state index in [1.165, 1.54) is 21.0 Å². The maximum Gasteiger partial charge on any atom is 0.305 e. The van der Waals surface area contributed by atoms with E-state index in [9.17, 15) is 28.8 Å². The first kappa shape index (κ1) is 45.5. The van der Waals surface area contributed by atoms with Gasteiger partial charge in [0.25, 0.3) is 0 Å². The quantitative estimate of drug-likeness (QED) is 0.121. The van der Waals surface area contributed by atoms with Gasteiger partial charge in [0.15, 0.2) is 37.2 Å². The van der Waals surface area contributed by atoms with Crippen molar-refractivity contribution < 1.29 is 80.9 Å². The molecule has 3 aliphatic heterocycles. The first-order chi connectivity index (χ1) is 27.3. The largest absolute Gasteiger partial charge is 0.469 e. The number of fused-ring (bicyclic) bond motifs is 1. The number of carbonyl (C=O) groups is 6. The number of nitrogens with one attached hydrogen (secondary N) is 1. The average molecular weight is 810 g/mol. The van der Waals surface area contributed by atoms with Gasteiger partial charge < -0.3 is 57.4 Å². The summed E-state index contributed by atoms with van der Waals surface area (Å²) in [6, 6.07) is 8.08. The SMILES string of the molecule is COC(=O)CCCCCCCCO[C@@H]1O[C@@H]2COC(c3ccccc3)O[C@H]2[C@H](O[C@@H]2O[C@H](COC(C)=O)[C@H](OC(C)=O)[C@H](OC(C)=O)[C@H]2OC(C)=O)[C@H]1NC(C)=O. The molecule has 3 heterocycles. The van der Waals surface area contributed by atoms with Crippen molar-refractivity contribution in [3.8, 4) is 0 Å². The molecule has 1 aromatic rings. The van der Waals surface area contributed by atoms with Gasteiger partial charge in [-0.2, -0.15) is 0 Å². The number of esters is 5. The lowest BCUT2D eigenvalue weighted by Gasteiger charge is -2.51. The van der Waals surface area contributed by atoms with Gasteiger partial charge in [0.1, 0.15) is 37.1 Å². The van der Waals surface area contributed by atoms with Gasteiger partial charge in [-0.3, -0.25) is 28.8 Å². The highest BCUT2D eigenvalue weighted by Gasteiger charge is 2.57. The molecule has 1 N–H and O–H groups in total. The number of hydrogen-bond acceptors (Lipinski definition) is 17. The summed E-state index contributed by atoms with van der Waals surface area (Å²) < 4.78 is 64.9. The number of benzene rings is 1. The van der Waals surface area contributed by atoms with Gasteiger partial charge in [-0.15, -0.1) is 0 Å². The van der Waals surface area contributed by atoms with Gasteiger partial charge in [-0.1, -0.05) is 56.0 Å². The number of methoxy groups -OCH3 is 1. The number of amides is 1. The van der Waals surface area contributed by atoms with Crippen LogP contribution in [-0.4, -0.2) is 124 Å². The summed E-state index contributed by atoms with van der Waals surface area (Å²) in [7, 11) is 1.37. The topological polar surface area (TPSA) is 216 Å². The molecule has 0 aromatic heterocycles. The predicted octanol–water partition coefficient (Wildman–Crippen LogP) is 2.72. The van der Waals surface area contributed by atoms with Gasteiger partial charge in [-0.25, -0.2) is 0 Å². The molecule has 318 valence electrons. The molecule has 11 atom stereocenters. The van der Waals surface area contributed by atoms with Crippen LogP contribution >= 0.6 is 0 Å². The van der Waals surface area contributed by atoms with Crippen LogP contribution in [-0.2, 0) is 80.9 Å². The fraction of sp³-hybridized carbons (Fsp3) is 0.692. The van der Waals surface area contributed by atoms with Crippen LogP contribution in [0, 0.1) is 0 Å². The van der Waals surface area contributed by atoms with Gasteiger partial charge in [0.05, 0.1) is 13.7 Å². The van der Waals surface area contributed by atoms with E-state index in [0.717, 1.165) is 52.9 Å². The van der Waals surface area contributed by atoms with Crippen LogP contribution in [0.4, 0.5) is 0 Å². The first-order valence-electron chi connectivity index (χ1n) is 19.2. The maximum atomic E-state index is 12.8. The Morgan fingerprint density at radius 1 is 0.702 bits per heavy atom. The molecule has 18 heteroatoms. The zero-order chi connectivity index (χ0) is 41.5. The minimum atomic E-state index is -1.59. The van der Waals surface area contributed by atoms with Crippen LogP contribution < -0.4 is 5.32 Å². The fourth-order valence-electron chi connectivity index (χ4n) is 6.88. The third-order valence-corrected chi connectivity index (χ3v) is 9.31. The van der Waals surface area contributed by atoms with Gasteiger partial charge >= 0.3 is 29.8 Å². The standard InChI is InChI=1S/C39H55NO17/c1-22(41)40-31-34(57-39-36(53-26(5)45)35(52-25(4)44)33(51-24(3)43)28(55-39)20-49-23(2)42)32-29(21-50-37(56-32)27-16-12-11-13-17-27)54-38(31)48-19-15-10-8-7-9-14-18-30(46)47-6/h11-13,16-17,28-29,31-39H,7-10,14-15,18-21H2,1-6H3,(H,40,41)/t28-,29-,31-,32-,33+,34-,35+,36-,37?,38-,39+/m1/s1. The van der Waals surface area contributed by atoms with Crippen molar-refractivity contribution in [2.24, 2.45) is 0 Å². The molecule has 0 bridgehead atoms. The number of hydrogen-bond donors (Lipinski definition) is 1. The van der Waals surface area contributed by atoms with Crippen LogP contribution in [0.25, 0.3) is 0 Å². The Morgan fingerprint density at radius 3 is 1.96 bits per heavy atom. The van der Waals surface area contributed by atoms with Crippen molar-refractivity contribution in [2.75, 3.05) is 26.9 Å². The van der Waals surface area contributed by atoms with E-state index < -0.39 is 104 Å². The summed E-state index contributed by atoms with van der Waals surface area (Å²) in [5.74, 6) is -3.76. The Hall–Kier alpha value is -4.20. The van der Waals surface area contributed by atoms with Gasteiger partial charge in [0.2, 0.25) is 5.91 Å². The van der Waals surface area contributed by atoms with Crippen molar-refractivity contribution in [1.29, 1.82) is 0 Å². The van der Waals surface area contributed by atoms with E-state index in [0.29, 0.717) is 18.4 Å². The van der Waals surface area contributed by atoms with Gasteiger partial charge in [-0.05, 0) is 12.8 Å². The van der Waals surface area contributed by atoms with E-state index in [4.69, 9.17) is 52.1 Å². The van der Waals surface area contributed by atoms with Crippen molar-refractivity contribution in [2.45, 2.75) is 147 Å². The van der Waals surface area contributed by atoms with Crippen LogP contribution in [0.5, 0.6) is 0 Å². The van der Waals surface area contributed by atoms with E-state index in [2.05, 4.69) is 5.32 Å². The number of unbranched alkanes of at least 4 members (excludes halogenated alkanes) is 5. The lowest BCUT2D eigenvalue weighted by Crippen LogP contribution is -2.70. The van der Waals surface area contributed by atoms with Gasteiger partial charge in [0, 0.05) is 53.2 Å². The zero-order valence-electron chi connectivity index (χ0n) is 33.2. The highest BCUT2D eigenvalue weighted by Crippen LogP contribution is 2.38. The van der Waals surface area contributed by atoms with E-state index in [-0.39, 0.29) is 19.2 Å². The highest BCUT2D eigenvalue weighted by molar-refractivity contribution is 5.73. The lowest BCUT2D eigenvalue weighted by atomic mass is 9.94. The minimum Gasteiger partial charge on any atom is -0.469 e.